The molecule has 0 aliphatic rings. The largest absolute Gasteiger partial charge is 0.507 e. The summed E-state index contributed by atoms with van der Waals surface area (Å²) in [4.78, 5) is 12.5. The van der Waals surface area contributed by atoms with Crippen molar-refractivity contribution in [3.8, 4) is 11.8 Å². The zero-order valence-electron chi connectivity index (χ0n) is 13.8. The predicted molar refractivity (Wildman–Crippen MR) is 108 cm³/mol. The van der Waals surface area contributed by atoms with E-state index in [-0.39, 0.29) is 11.3 Å². The summed E-state index contributed by atoms with van der Waals surface area (Å²) in [6.45, 7) is 0. The Morgan fingerprint density at radius 3 is 2.33 bits per heavy atom. The van der Waals surface area contributed by atoms with Crippen molar-refractivity contribution in [2.45, 2.75) is 0 Å². The number of amides is 1. The average molecular weight is 398 g/mol. The van der Waals surface area contributed by atoms with Gasteiger partial charge in [-0.2, -0.15) is 5.26 Å². The molecule has 0 saturated carbocycles. The van der Waals surface area contributed by atoms with Crippen LogP contribution in [-0.4, -0.2) is 11.0 Å². The van der Waals surface area contributed by atoms with Crippen molar-refractivity contribution in [2.24, 2.45) is 0 Å². The number of rotatable bonds is 4. The molecule has 0 aliphatic carbocycles. The minimum Gasteiger partial charge on any atom is -0.507 e. The molecule has 0 heterocycles. The lowest BCUT2D eigenvalue weighted by atomic mass is 10.1. The molecule has 27 heavy (non-hydrogen) atoms. The van der Waals surface area contributed by atoms with Gasteiger partial charge in [0, 0.05) is 22.7 Å². The number of carbonyl (C=O) groups excluding carboxylic acids is 1. The Morgan fingerprint density at radius 1 is 1.00 bits per heavy atom. The highest BCUT2D eigenvalue weighted by Gasteiger charge is 2.13. The topological polar surface area (TPSA) is 85.2 Å². The maximum Gasteiger partial charge on any atom is 0.267 e. The normalized spacial score (nSPS) is 11.1. The first-order valence-electron chi connectivity index (χ1n) is 7.84. The first-order chi connectivity index (χ1) is 13.0. The maximum absolute atomic E-state index is 12.5. The second-order valence-corrected chi connectivity index (χ2v) is 6.36. The first-order valence-corrected chi connectivity index (χ1v) is 8.59. The lowest BCUT2D eigenvalue weighted by Crippen LogP contribution is -2.14. The van der Waals surface area contributed by atoms with Gasteiger partial charge in [0.2, 0.25) is 0 Å². The van der Waals surface area contributed by atoms with Gasteiger partial charge in [0.25, 0.3) is 5.91 Å². The number of carbonyl (C=O) groups is 1. The van der Waals surface area contributed by atoms with Crippen molar-refractivity contribution < 1.29 is 9.90 Å². The summed E-state index contributed by atoms with van der Waals surface area (Å²) < 4.78 is 0. The van der Waals surface area contributed by atoms with Gasteiger partial charge >= 0.3 is 0 Å². The van der Waals surface area contributed by atoms with E-state index in [1.807, 2.05) is 6.07 Å². The van der Waals surface area contributed by atoms with E-state index in [0.29, 0.717) is 32.2 Å². The number of anilines is 2. The van der Waals surface area contributed by atoms with Crippen molar-refractivity contribution in [1.29, 1.82) is 5.26 Å². The van der Waals surface area contributed by atoms with Crippen LogP contribution in [0, 0.1) is 11.3 Å². The quantitative estimate of drug-likeness (QED) is 0.411. The molecule has 0 radical (unpaired) electrons. The predicted octanol–water partition coefficient (Wildman–Crippen LogP) is 5.31. The van der Waals surface area contributed by atoms with Crippen LogP contribution in [0.4, 0.5) is 11.4 Å². The number of nitrogens with one attached hydrogen (secondary N) is 2. The van der Waals surface area contributed by atoms with Crippen LogP contribution in [0.25, 0.3) is 10.8 Å². The highest BCUT2D eigenvalue weighted by molar-refractivity contribution is 6.39. The Balaban J connectivity index is 1.87. The SMILES string of the molecule is N#C/C(=C/Nc1c(Cl)cccc1Cl)C(=O)Nc1cccc2c(O)cccc12. The number of aromatic hydroxyl groups is 1. The number of phenols is 1. The zero-order chi connectivity index (χ0) is 19.4. The molecule has 0 saturated heterocycles. The molecule has 3 rings (SSSR count). The minimum atomic E-state index is -0.607. The van der Waals surface area contributed by atoms with Gasteiger partial charge in [-0.3, -0.25) is 4.79 Å². The van der Waals surface area contributed by atoms with Crippen LogP contribution in [0.5, 0.6) is 5.75 Å². The Hall–Kier alpha value is -3.20. The molecule has 0 aliphatic heterocycles. The van der Waals surface area contributed by atoms with E-state index in [1.54, 1.807) is 54.6 Å². The third-order valence-electron chi connectivity index (χ3n) is 3.84. The summed E-state index contributed by atoms with van der Waals surface area (Å²) >= 11 is 12.1. The third-order valence-corrected chi connectivity index (χ3v) is 4.47. The number of hydrogen-bond donors (Lipinski definition) is 3. The van der Waals surface area contributed by atoms with Crippen LogP contribution in [-0.2, 0) is 4.79 Å². The molecule has 0 spiro atoms. The average Bonchev–Trinajstić information content (AvgIpc) is 2.65. The lowest BCUT2D eigenvalue weighted by Gasteiger charge is -2.10. The molecule has 3 N–H and O–H groups in total. The Labute approximate surface area is 165 Å². The standard InChI is InChI=1S/C20H13Cl2N3O2/c21-15-6-3-7-16(22)19(15)24-11-12(10-23)20(27)25-17-8-1-5-14-13(17)4-2-9-18(14)26/h1-9,11,24,26H,(H,25,27)/b12-11-. The van der Waals surface area contributed by atoms with E-state index in [4.69, 9.17) is 23.2 Å². The first kappa shape index (κ1) is 18.6. The van der Waals surface area contributed by atoms with Crippen molar-refractivity contribution in [3.63, 3.8) is 0 Å². The number of nitrogens with zero attached hydrogens (tertiary/aromatic N) is 1. The van der Waals surface area contributed by atoms with Crippen molar-refractivity contribution in [3.05, 3.63) is 76.4 Å². The minimum absolute atomic E-state index is 0.106. The lowest BCUT2D eigenvalue weighted by molar-refractivity contribution is -0.112. The van der Waals surface area contributed by atoms with E-state index in [9.17, 15) is 15.2 Å². The van der Waals surface area contributed by atoms with E-state index >= 15 is 0 Å². The van der Waals surface area contributed by atoms with Crippen LogP contribution in [0.1, 0.15) is 0 Å². The fourth-order valence-electron chi connectivity index (χ4n) is 2.52. The second-order valence-electron chi connectivity index (χ2n) is 5.54. The third kappa shape index (κ3) is 3.98. The molecule has 3 aromatic rings. The number of para-hydroxylation sites is 1. The van der Waals surface area contributed by atoms with Gasteiger partial charge in [0.05, 0.1) is 15.7 Å². The molecule has 0 unspecified atom stereocenters. The van der Waals surface area contributed by atoms with E-state index in [2.05, 4.69) is 10.6 Å². The Kier molecular flexibility index (Phi) is 5.51. The monoisotopic (exact) mass is 397 g/mol. The van der Waals surface area contributed by atoms with Crippen LogP contribution in [0.15, 0.2) is 66.4 Å². The van der Waals surface area contributed by atoms with Crippen LogP contribution < -0.4 is 10.6 Å². The van der Waals surface area contributed by atoms with E-state index in [1.165, 1.54) is 6.20 Å². The summed E-state index contributed by atoms with van der Waals surface area (Å²) in [7, 11) is 0. The van der Waals surface area contributed by atoms with Gasteiger partial charge in [0.1, 0.15) is 17.4 Å². The number of hydrogen-bond acceptors (Lipinski definition) is 4. The second kappa shape index (κ2) is 8.00. The molecular weight excluding hydrogens is 385 g/mol. The number of fused-ring (bicyclic) bond motifs is 1. The molecule has 0 atom stereocenters. The number of phenolic OH excluding ortho intramolecular Hbond substituents is 1. The Morgan fingerprint density at radius 2 is 1.63 bits per heavy atom. The van der Waals surface area contributed by atoms with E-state index in [0.717, 1.165) is 0 Å². The van der Waals surface area contributed by atoms with Crippen LogP contribution in [0.3, 0.4) is 0 Å². The summed E-state index contributed by atoms with van der Waals surface area (Å²) in [6.07, 6.45) is 1.24. The van der Waals surface area contributed by atoms with E-state index < -0.39 is 5.91 Å². The highest BCUT2D eigenvalue weighted by atomic mass is 35.5. The molecule has 3 aromatic carbocycles. The molecule has 7 heteroatoms. The molecule has 5 nitrogen and oxygen atoms in total. The van der Waals surface area contributed by atoms with Gasteiger partial charge in [-0.05, 0) is 24.3 Å². The highest BCUT2D eigenvalue weighted by Crippen LogP contribution is 2.31. The molecule has 134 valence electrons. The number of nitriles is 1. The summed E-state index contributed by atoms with van der Waals surface area (Å²) in [5, 5.41) is 26.7. The van der Waals surface area contributed by atoms with Crippen molar-refractivity contribution in [2.75, 3.05) is 10.6 Å². The Bertz CT molecular complexity index is 1080. The molecule has 1 amide bonds. The number of halogens is 2. The molecule has 0 aromatic heterocycles. The fraction of sp³-hybridized carbons (Fsp3) is 0. The van der Waals surface area contributed by atoms with Crippen molar-refractivity contribution in [1.82, 2.24) is 0 Å². The van der Waals surface area contributed by atoms with Crippen LogP contribution >= 0.6 is 23.2 Å². The smallest absolute Gasteiger partial charge is 0.267 e. The van der Waals surface area contributed by atoms with Gasteiger partial charge in [0.15, 0.2) is 0 Å². The van der Waals surface area contributed by atoms with Crippen LogP contribution in [0.2, 0.25) is 10.0 Å². The summed E-state index contributed by atoms with van der Waals surface area (Å²) in [6, 6.07) is 16.9. The van der Waals surface area contributed by atoms with Gasteiger partial charge in [-0.15, -0.1) is 0 Å². The molecule has 0 bridgehead atoms. The van der Waals surface area contributed by atoms with Gasteiger partial charge < -0.3 is 15.7 Å². The number of benzene rings is 3. The molecular formula is C20H13Cl2N3O2. The summed E-state index contributed by atoms with van der Waals surface area (Å²) in [5.74, 6) is -0.501. The molecule has 0 fully saturated rings. The maximum atomic E-state index is 12.5. The summed E-state index contributed by atoms with van der Waals surface area (Å²) in [5.41, 5.74) is 0.713. The van der Waals surface area contributed by atoms with Gasteiger partial charge in [-0.1, -0.05) is 53.5 Å². The van der Waals surface area contributed by atoms with Crippen molar-refractivity contribution >= 4 is 51.3 Å². The fourth-order valence-corrected chi connectivity index (χ4v) is 3.03. The zero-order valence-corrected chi connectivity index (χ0v) is 15.3. The van der Waals surface area contributed by atoms with Gasteiger partial charge in [-0.25, -0.2) is 0 Å².